The van der Waals surface area contributed by atoms with Gasteiger partial charge < -0.3 is 9.64 Å². The smallest absolute Gasteiger partial charge is 0.232 e. The first-order chi connectivity index (χ1) is 12.3. The largest absolute Gasteiger partial charge is 0.494 e. The topological polar surface area (TPSA) is 29.5 Å². The summed E-state index contributed by atoms with van der Waals surface area (Å²) in [6.07, 6.45) is 0. The van der Waals surface area contributed by atoms with E-state index >= 15 is 0 Å². The maximum absolute atomic E-state index is 13.8. The van der Waals surface area contributed by atoms with Gasteiger partial charge in [0, 0.05) is 24.4 Å². The lowest BCUT2D eigenvalue weighted by atomic mass is 10.1. The number of amides is 1. The number of methoxy groups -OCH3 is 1. The van der Waals surface area contributed by atoms with Crippen LogP contribution in [0.25, 0.3) is 0 Å². The van der Waals surface area contributed by atoms with E-state index in [1.807, 2.05) is 0 Å². The number of nitrogens with zero attached hydrogens (tertiary/aromatic N) is 1. The van der Waals surface area contributed by atoms with Crippen molar-refractivity contribution in [3.63, 3.8) is 0 Å². The Morgan fingerprint density at radius 3 is 2.38 bits per heavy atom. The molecule has 0 aromatic heterocycles. The van der Waals surface area contributed by atoms with Crippen LogP contribution in [-0.4, -0.2) is 30.7 Å². The monoisotopic (exact) mass is 383 g/mol. The van der Waals surface area contributed by atoms with Gasteiger partial charge in [0.05, 0.1) is 12.9 Å². The van der Waals surface area contributed by atoms with E-state index in [0.29, 0.717) is 5.56 Å². The van der Waals surface area contributed by atoms with E-state index in [-0.39, 0.29) is 29.5 Å². The molecule has 3 nitrogen and oxygen atoms in total. The number of ether oxygens (including phenoxy) is 1. The maximum atomic E-state index is 13.8. The summed E-state index contributed by atoms with van der Waals surface area (Å²) in [5.74, 6) is -1.76. The molecule has 1 unspecified atom stereocenters. The third-order valence-corrected chi connectivity index (χ3v) is 5.07. The van der Waals surface area contributed by atoms with Crippen LogP contribution in [0.4, 0.5) is 13.2 Å². The average molecular weight is 383 g/mol. The molecule has 0 bridgehead atoms. The molecule has 140 valence electrons. The lowest BCUT2D eigenvalue weighted by Crippen LogP contribution is -2.28. The molecule has 1 amide bonds. The molecule has 0 saturated carbocycles. The number of carbonyl (C=O) groups excluding carboxylic acids is 1. The number of benzene rings is 2. The van der Waals surface area contributed by atoms with E-state index in [9.17, 15) is 18.0 Å². The minimum Gasteiger partial charge on any atom is -0.494 e. The van der Waals surface area contributed by atoms with Crippen LogP contribution in [0.2, 0.25) is 0 Å². The van der Waals surface area contributed by atoms with E-state index in [2.05, 4.69) is 0 Å². The standard InChI is InChI=1S/C19H20F3NO2S/c1-12(19-14(20)5-4-6-15(19)21)26-11-18(24)23(2)10-13-7-8-17(25-3)16(22)9-13/h4-9,12H,10-11H2,1-3H3. The van der Waals surface area contributed by atoms with E-state index in [4.69, 9.17) is 4.74 Å². The van der Waals surface area contributed by atoms with Crippen molar-refractivity contribution in [3.8, 4) is 5.75 Å². The Morgan fingerprint density at radius 2 is 1.81 bits per heavy atom. The molecular weight excluding hydrogens is 363 g/mol. The molecule has 7 heteroatoms. The van der Waals surface area contributed by atoms with Gasteiger partial charge in [0.15, 0.2) is 11.6 Å². The Hall–Kier alpha value is -2.15. The number of halogens is 3. The molecule has 0 saturated heterocycles. The zero-order valence-corrected chi connectivity index (χ0v) is 15.6. The SMILES string of the molecule is COc1ccc(CN(C)C(=O)CSC(C)c2c(F)cccc2F)cc1F. The summed E-state index contributed by atoms with van der Waals surface area (Å²) in [5.41, 5.74) is 0.586. The van der Waals surface area contributed by atoms with Gasteiger partial charge in [-0.2, -0.15) is 0 Å². The number of hydrogen-bond acceptors (Lipinski definition) is 3. The van der Waals surface area contributed by atoms with E-state index in [0.717, 1.165) is 11.8 Å². The van der Waals surface area contributed by atoms with Crippen molar-refractivity contribution in [2.75, 3.05) is 19.9 Å². The van der Waals surface area contributed by atoms with E-state index < -0.39 is 22.7 Å². The minimum absolute atomic E-state index is 0.0369. The maximum Gasteiger partial charge on any atom is 0.232 e. The highest BCUT2D eigenvalue weighted by Crippen LogP contribution is 2.32. The van der Waals surface area contributed by atoms with Crippen LogP contribution in [0.5, 0.6) is 5.75 Å². The van der Waals surface area contributed by atoms with Crippen LogP contribution in [0.1, 0.15) is 23.3 Å². The summed E-state index contributed by atoms with van der Waals surface area (Å²) < 4.78 is 46.1. The van der Waals surface area contributed by atoms with Crippen molar-refractivity contribution in [1.29, 1.82) is 0 Å². The molecule has 0 aliphatic carbocycles. The molecule has 2 aromatic rings. The number of hydrogen-bond donors (Lipinski definition) is 0. The fourth-order valence-electron chi connectivity index (χ4n) is 2.46. The zero-order chi connectivity index (χ0) is 19.3. The number of thioether (sulfide) groups is 1. The van der Waals surface area contributed by atoms with Crippen molar-refractivity contribution in [1.82, 2.24) is 4.90 Å². The molecule has 0 aliphatic heterocycles. The second kappa shape index (κ2) is 8.98. The van der Waals surface area contributed by atoms with Crippen LogP contribution < -0.4 is 4.74 Å². The molecule has 1 atom stereocenters. The molecule has 0 spiro atoms. The average Bonchev–Trinajstić information content (AvgIpc) is 2.59. The van der Waals surface area contributed by atoms with Crippen molar-refractivity contribution < 1.29 is 22.7 Å². The lowest BCUT2D eigenvalue weighted by Gasteiger charge is -2.19. The van der Waals surface area contributed by atoms with Gasteiger partial charge in [-0.1, -0.05) is 12.1 Å². The van der Waals surface area contributed by atoms with Crippen LogP contribution in [0.3, 0.4) is 0 Å². The Bertz CT molecular complexity index is 765. The summed E-state index contributed by atoms with van der Waals surface area (Å²) in [4.78, 5) is 13.7. The Morgan fingerprint density at radius 1 is 1.15 bits per heavy atom. The fourth-order valence-corrected chi connectivity index (χ4v) is 3.46. The molecule has 2 rings (SSSR count). The first-order valence-corrected chi connectivity index (χ1v) is 9.00. The van der Waals surface area contributed by atoms with Crippen molar-refractivity contribution in [2.24, 2.45) is 0 Å². The molecule has 0 radical (unpaired) electrons. The zero-order valence-electron chi connectivity index (χ0n) is 14.8. The fraction of sp³-hybridized carbons (Fsp3) is 0.316. The summed E-state index contributed by atoms with van der Waals surface area (Å²) in [7, 11) is 2.98. The highest BCUT2D eigenvalue weighted by molar-refractivity contribution is 8.00. The summed E-state index contributed by atoms with van der Waals surface area (Å²) in [5, 5.41) is -0.507. The minimum atomic E-state index is -0.625. The van der Waals surface area contributed by atoms with Gasteiger partial charge in [0.1, 0.15) is 11.6 Å². The van der Waals surface area contributed by atoms with Gasteiger partial charge in [-0.3, -0.25) is 4.79 Å². The summed E-state index contributed by atoms with van der Waals surface area (Å²) in [6, 6.07) is 8.19. The van der Waals surface area contributed by atoms with Crippen molar-refractivity contribution >= 4 is 17.7 Å². The number of carbonyl (C=O) groups is 1. The van der Waals surface area contributed by atoms with Crippen molar-refractivity contribution in [3.05, 3.63) is 65.0 Å². The van der Waals surface area contributed by atoms with Crippen LogP contribution in [0.15, 0.2) is 36.4 Å². The summed E-state index contributed by atoms with van der Waals surface area (Å²) >= 11 is 1.15. The van der Waals surface area contributed by atoms with E-state index in [1.165, 1.54) is 42.3 Å². The Balaban J connectivity index is 1.94. The van der Waals surface area contributed by atoms with Crippen LogP contribution in [-0.2, 0) is 11.3 Å². The van der Waals surface area contributed by atoms with Gasteiger partial charge in [0.25, 0.3) is 0 Å². The molecule has 0 fully saturated rings. The quantitative estimate of drug-likeness (QED) is 0.702. The summed E-state index contributed by atoms with van der Waals surface area (Å²) in [6.45, 7) is 1.88. The second-order valence-electron chi connectivity index (χ2n) is 5.81. The van der Waals surface area contributed by atoms with Gasteiger partial charge in [-0.05, 0) is 36.8 Å². The normalized spacial score (nSPS) is 11.9. The highest BCUT2D eigenvalue weighted by Gasteiger charge is 2.19. The highest BCUT2D eigenvalue weighted by atomic mass is 32.2. The number of rotatable bonds is 7. The molecular formula is C19H20F3NO2S. The molecule has 0 N–H and O–H groups in total. The molecule has 26 heavy (non-hydrogen) atoms. The van der Waals surface area contributed by atoms with Crippen LogP contribution in [0, 0.1) is 17.5 Å². The predicted octanol–water partition coefficient (Wildman–Crippen LogP) is 4.57. The predicted molar refractivity (Wildman–Crippen MR) is 96.7 cm³/mol. The third-order valence-electron chi connectivity index (χ3n) is 3.92. The van der Waals surface area contributed by atoms with Gasteiger partial charge >= 0.3 is 0 Å². The first kappa shape index (κ1) is 20.2. The van der Waals surface area contributed by atoms with Gasteiger partial charge in [-0.25, -0.2) is 13.2 Å². The third kappa shape index (κ3) is 4.94. The Labute approximate surface area is 155 Å². The van der Waals surface area contributed by atoms with Crippen molar-refractivity contribution in [2.45, 2.75) is 18.7 Å². The van der Waals surface area contributed by atoms with Gasteiger partial charge in [-0.15, -0.1) is 11.8 Å². The van der Waals surface area contributed by atoms with E-state index in [1.54, 1.807) is 20.0 Å². The lowest BCUT2D eigenvalue weighted by molar-refractivity contribution is -0.127. The molecule has 0 heterocycles. The van der Waals surface area contributed by atoms with Gasteiger partial charge in [0.2, 0.25) is 5.91 Å². The molecule has 2 aromatic carbocycles. The first-order valence-electron chi connectivity index (χ1n) is 7.95. The Kier molecular flexibility index (Phi) is 6.97. The van der Waals surface area contributed by atoms with Crippen LogP contribution >= 0.6 is 11.8 Å². The second-order valence-corrected chi connectivity index (χ2v) is 7.14. The molecule has 0 aliphatic rings.